The van der Waals surface area contributed by atoms with E-state index in [1.54, 1.807) is 0 Å². The van der Waals surface area contributed by atoms with Crippen LogP contribution in [0.5, 0.6) is 5.75 Å². The average molecular weight is 416 g/mol. The summed E-state index contributed by atoms with van der Waals surface area (Å²) in [5.74, 6) is 0.830. The summed E-state index contributed by atoms with van der Waals surface area (Å²) < 4.78 is 7.22. The Labute approximate surface area is 167 Å². The summed E-state index contributed by atoms with van der Waals surface area (Å²) >= 11 is 3.46. The van der Waals surface area contributed by atoms with Gasteiger partial charge >= 0.3 is 0 Å². The van der Waals surface area contributed by atoms with E-state index < -0.39 is 0 Å². The fourth-order valence-electron chi connectivity index (χ4n) is 2.93. The first-order valence-corrected chi connectivity index (χ1v) is 9.57. The van der Waals surface area contributed by atoms with Gasteiger partial charge in [-0.15, -0.1) is 0 Å². The lowest BCUT2D eigenvalue weighted by molar-refractivity contribution is 0.306. The quantitative estimate of drug-likeness (QED) is 0.323. The maximum Gasteiger partial charge on any atom is 0.129 e. The molecule has 0 aromatic heterocycles. The van der Waals surface area contributed by atoms with E-state index in [9.17, 15) is 0 Å². The van der Waals surface area contributed by atoms with Crippen LogP contribution in [-0.2, 0) is 6.61 Å². The predicted molar refractivity (Wildman–Crippen MR) is 116 cm³/mol. The van der Waals surface area contributed by atoms with Gasteiger partial charge in [0.2, 0.25) is 0 Å². The van der Waals surface area contributed by atoms with Gasteiger partial charge in [0.05, 0.1) is 5.69 Å². The standard InChI is InChI=1S/C24H18BrNO/c25-20-13-10-18(11-14-20)17-27-24-15-12-19-6-4-5-9-22(19)23(24)16-26-21-7-2-1-3-8-21/h1-16H,17H2. The van der Waals surface area contributed by atoms with Crippen LogP contribution in [0.25, 0.3) is 10.8 Å². The van der Waals surface area contributed by atoms with E-state index in [4.69, 9.17) is 4.74 Å². The van der Waals surface area contributed by atoms with Crippen LogP contribution < -0.4 is 4.74 Å². The van der Waals surface area contributed by atoms with Gasteiger partial charge in [-0.05, 0) is 46.7 Å². The number of fused-ring (bicyclic) bond motifs is 1. The molecule has 4 aromatic carbocycles. The lowest BCUT2D eigenvalue weighted by Crippen LogP contribution is -1.99. The minimum atomic E-state index is 0.512. The van der Waals surface area contributed by atoms with Crippen molar-refractivity contribution in [2.45, 2.75) is 6.61 Å². The first-order valence-electron chi connectivity index (χ1n) is 8.78. The van der Waals surface area contributed by atoms with E-state index in [-0.39, 0.29) is 0 Å². The molecule has 0 bridgehead atoms. The molecule has 0 radical (unpaired) electrons. The fraction of sp³-hybridized carbons (Fsp3) is 0.0417. The Morgan fingerprint density at radius 1 is 0.778 bits per heavy atom. The first-order chi connectivity index (χ1) is 13.3. The van der Waals surface area contributed by atoms with E-state index in [1.165, 1.54) is 5.39 Å². The van der Waals surface area contributed by atoms with Crippen molar-refractivity contribution < 1.29 is 4.74 Å². The Morgan fingerprint density at radius 2 is 1.52 bits per heavy atom. The highest BCUT2D eigenvalue weighted by Crippen LogP contribution is 2.28. The number of rotatable bonds is 5. The Hall–Kier alpha value is -2.91. The minimum absolute atomic E-state index is 0.512. The molecule has 0 fully saturated rings. The van der Waals surface area contributed by atoms with Crippen molar-refractivity contribution in [3.05, 3.63) is 107 Å². The van der Waals surface area contributed by atoms with Crippen molar-refractivity contribution in [1.29, 1.82) is 0 Å². The van der Waals surface area contributed by atoms with Crippen molar-refractivity contribution >= 4 is 38.6 Å². The van der Waals surface area contributed by atoms with Crippen LogP contribution in [0.4, 0.5) is 5.69 Å². The van der Waals surface area contributed by atoms with Crippen LogP contribution >= 0.6 is 15.9 Å². The van der Waals surface area contributed by atoms with Crippen LogP contribution in [-0.4, -0.2) is 6.21 Å². The number of nitrogens with zero attached hydrogens (tertiary/aromatic N) is 1. The molecule has 0 N–H and O–H groups in total. The summed E-state index contributed by atoms with van der Waals surface area (Å²) in [6.07, 6.45) is 1.90. The van der Waals surface area contributed by atoms with Crippen molar-refractivity contribution in [2.24, 2.45) is 4.99 Å². The number of halogens is 1. The maximum atomic E-state index is 6.15. The zero-order chi connectivity index (χ0) is 18.5. The summed E-state index contributed by atoms with van der Waals surface area (Å²) in [4.78, 5) is 4.64. The predicted octanol–water partition coefficient (Wildman–Crippen LogP) is 6.93. The zero-order valence-electron chi connectivity index (χ0n) is 14.7. The summed E-state index contributed by atoms with van der Waals surface area (Å²) in [6, 6.07) is 30.5. The van der Waals surface area contributed by atoms with Gasteiger partial charge < -0.3 is 4.74 Å². The van der Waals surface area contributed by atoms with Crippen LogP contribution in [0.15, 0.2) is 100 Å². The third-order valence-corrected chi connectivity index (χ3v) is 4.87. The normalized spacial score (nSPS) is 11.1. The molecule has 0 saturated carbocycles. The second-order valence-electron chi connectivity index (χ2n) is 6.21. The summed E-state index contributed by atoms with van der Waals surface area (Å²) in [5.41, 5.74) is 3.04. The molecule has 0 heterocycles. The number of para-hydroxylation sites is 1. The molecule has 0 spiro atoms. The number of hydrogen-bond donors (Lipinski definition) is 0. The SMILES string of the molecule is Brc1ccc(COc2ccc3ccccc3c2C=Nc2ccccc2)cc1. The van der Waals surface area contributed by atoms with Crippen molar-refractivity contribution in [1.82, 2.24) is 0 Å². The number of hydrogen-bond acceptors (Lipinski definition) is 2. The third kappa shape index (κ3) is 4.26. The van der Waals surface area contributed by atoms with Crippen molar-refractivity contribution in [3.8, 4) is 5.75 Å². The molecule has 3 heteroatoms. The van der Waals surface area contributed by atoms with E-state index in [0.29, 0.717) is 6.61 Å². The van der Waals surface area contributed by atoms with Gasteiger partial charge in [-0.2, -0.15) is 0 Å². The molecular weight excluding hydrogens is 398 g/mol. The highest BCUT2D eigenvalue weighted by atomic mass is 79.9. The van der Waals surface area contributed by atoms with Gasteiger partial charge in [-0.1, -0.05) is 76.6 Å². The molecule has 0 atom stereocenters. The molecule has 0 unspecified atom stereocenters. The molecule has 0 aliphatic rings. The number of aliphatic imine (C=N–C) groups is 1. The number of benzene rings is 4. The van der Waals surface area contributed by atoms with Crippen LogP contribution in [0.2, 0.25) is 0 Å². The molecule has 0 aliphatic carbocycles. The smallest absolute Gasteiger partial charge is 0.129 e. The summed E-state index contributed by atoms with van der Waals surface area (Å²) in [5, 5.41) is 2.30. The Bertz CT molecular complexity index is 1070. The molecule has 4 aromatic rings. The lowest BCUT2D eigenvalue weighted by Gasteiger charge is -2.12. The minimum Gasteiger partial charge on any atom is -0.488 e. The monoisotopic (exact) mass is 415 g/mol. The first kappa shape index (κ1) is 17.5. The molecule has 0 aliphatic heterocycles. The Morgan fingerprint density at radius 3 is 2.33 bits per heavy atom. The summed E-state index contributed by atoms with van der Waals surface area (Å²) in [6.45, 7) is 0.512. The second kappa shape index (κ2) is 8.19. The van der Waals surface area contributed by atoms with Gasteiger partial charge in [0, 0.05) is 16.3 Å². The van der Waals surface area contributed by atoms with Crippen molar-refractivity contribution in [3.63, 3.8) is 0 Å². The fourth-order valence-corrected chi connectivity index (χ4v) is 3.19. The van der Waals surface area contributed by atoms with E-state index >= 15 is 0 Å². The zero-order valence-corrected chi connectivity index (χ0v) is 16.3. The molecular formula is C24H18BrNO. The topological polar surface area (TPSA) is 21.6 Å². The molecule has 27 heavy (non-hydrogen) atoms. The van der Waals surface area contributed by atoms with Crippen LogP contribution in [0.3, 0.4) is 0 Å². The van der Waals surface area contributed by atoms with E-state index in [0.717, 1.165) is 32.4 Å². The van der Waals surface area contributed by atoms with Crippen molar-refractivity contribution in [2.75, 3.05) is 0 Å². The highest BCUT2D eigenvalue weighted by Gasteiger charge is 2.08. The largest absolute Gasteiger partial charge is 0.488 e. The Kier molecular flexibility index (Phi) is 5.31. The van der Waals surface area contributed by atoms with Gasteiger partial charge in [0.25, 0.3) is 0 Å². The molecule has 132 valence electrons. The van der Waals surface area contributed by atoms with Gasteiger partial charge in [-0.25, -0.2) is 0 Å². The van der Waals surface area contributed by atoms with Gasteiger partial charge in [0.15, 0.2) is 0 Å². The summed E-state index contributed by atoms with van der Waals surface area (Å²) in [7, 11) is 0. The molecule has 4 rings (SSSR count). The Balaban J connectivity index is 1.68. The average Bonchev–Trinajstić information content (AvgIpc) is 2.73. The lowest BCUT2D eigenvalue weighted by atomic mass is 10.0. The van der Waals surface area contributed by atoms with E-state index in [2.05, 4.69) is 51.3 Å². The number of ether oxygens (including phenoxy) is 1. The molecule has 0 saturated heterocycles. The highest BCUT2D eigenvalue weighted by molar-refractivity contribution is 9.10. The van der Waals surface area contributed by atoms with Gasteiger partial charge in [-0.3, -0.25) is 4.99 Å². The molecule has 2 nitrogen and oxygen atoms in total. The van der Waals surface area contributed by atoms with Crippen LogP contribution in [0.1, 0.15) is 11.1 Å². The second-order valence-corrected chi connectivity index (χ2v) is 7.12. The third-order valence-electron chi connectivity index (χ3n) is 4.34. The maximum absolute atomic E-state index is 6.15. The van der Waals surface area contributed by atoms with Crippen LogP contribution in [0, 0.1) is 0 Å². The van der Waals surface area contributed by atoms with E-state index in [1.807, 2.05) is 66.9 Å². The molecule has 0 amide bonds. The van der Waals surface area contributed by atoms with Gasteiger partial charge in [0.1, 0.15) is 12.4 Å².